The third-order valence-corrected chi connectivity index (χ3v) is 6.42. The SMILES string of the molecule is CCOC(=O)c1ccc(-n2c(C)cc(/C=C3\C(=O)NC(=S)N(c4ccc(OC)cc4OC)C3=O)c2C)cc1. The molecule has 1 aliphatic rings. The number of benzene rings is 2. The summed E-state index contributed by atoms with van der Waals surface area (Å²) >= 11 is 5.33. The first-order valence-corrected chi connectivity index (χ1v) is 12.2. The van der Waals surface area contributed by atoms with E-state index in [1.165, 1.54) is 19.1 Å². The fraction of sp³-hybridized carbons (Fsp3) is 0.214. The summed E-state index contributed by atoms with van der Waals surface area (Å²) in [5, 5.41) is 2.55. The number of ether oxygens (including phenoxy) is 3. The van der Waals surface area contributed by atoms with Gasteiger partial charge in [0.1, 0.15) is 17.1 Å². The lowest BCUT2D eigenvalue weighted by atomic mass is 10.1. The molecule has 0 atom stereocenters. The summed E-state index contributed by atoms with van der Waals surface area (Å²) in [6, 6.07) is 13.9. The molecule has 0 unspecified atom stereocenters. The Balaban J connectivity index is 1.71. The highest BCUT2D eigenvalue weighted by molar-refractivity contribution is 7.80. The normalized spacial score (nSPS) is 14.5. The van der Waals surface area contributed by atoms with Gasteiger partial charge in [0.05, 0.1) is 32.1 Å². The third-order valence-electron chi connectivity index (χ3n) is 6.14. The Morgan fingerprint density at radius 3 is 2.37 bits per heavy atom. The van der Waals surface area contributed by atoms with Crippen molar-refractivity contribution in [3.8, 4) is 17.2 Å². The number of nitrogens with zero attached hydrogens (tertiary/aromatic N) is 2. The second-order valence-electron chi connectivity index (χ2n) is 8.42. The van der Waals surface area contributed by atoms with E-state index in [1.54, 1.807) is 43.3 Å². The average molecular weight is 534 g/mol. The minimum Gasteiger partial charge on any atom is -0.497 e. The third kappa shape index (κ3) is 4.90. The number of carbonyl (C=O) groups excluding carboxylic acids is 3. The summed E-state index contributed by atoms with van der Waals surface area (Å²) in [5.41, 5.74) is 3.95. The molecule has 2 heterocycles. The minimum absolute atomic E-state index is 0.0484. The van der Waals surface area contributed by atoms with E-state index in [0.29, 0.717) is 34.9 Å². The monoisotopic (exact) mass is 533 g/mol. The summed E-state index contributed by atoms with van der Waals surface area (Å²) in [5.74, 6) is -0.648. The molecular weight excluding hydrogens is 506 g/mol. The van der Waals surface area contributed by atoms with Crippen molar-refractivity contribution in [1.82, 2.24) is 9.88 Å². The Hall–Kier alpha value is -4.44. The van der Waals surface area contributed by atoms with Crippen LogP contribution in [0.5, 0.6) is 11.5 Å². The number of aryl methyl sites for hydroxylation is 1. The van der Waals surface area contributed by atoms with Crippen LogP contribution in [-0.4, -0.2) is 48.3 Å². The lowest BCUT2D eigenvalue weighted by molar-refractivity contribution is -0.122. The number of methoxy groups -OCH3 is 2. The number of amides is 2. The van der Waals surface area contributed by atoms with E-state index in [4.69, 9.17) is 26.4 Å². The van der Waals surface area contributed by atoms with Crippen molar-refractivity contribution in [3.63, 3.8) is 0 Å². The van der Waals surface area contributed by atoms with Gasteiger partial charge in [-0.15, -0.1) is 0 Å². The molecule has 1 saturated heterocycles. The van der Waals surface area contributed by atoms with Crippen molar-refractivity contribution in [1.29, 1.82) is 0 Å². The van der Waals surface area contributed by atoms with E-state index in [9.17, 15) is 14.4 Å². The maximum absolute atomic E-state index is 13.6. The number of rotatable bonds is 7. The van der Waals surface area contributed by atoms with Crippen molar-refractivity contribution >= 4 is 46.9 Å². The molecule has 10 heteroatoms. The largest absolute Gasteiger partial charge is 0.497 e. The van der Waals surface area contributed by atoms with Gasteiger partial charge in [-0.1, -0.05) is 0 Å². The maximum Gasteiger partial charge on any atom is 0.338 e. The summed E-state index contributed by atoms with van der Waals surface area (Å²) in [6.07, 6.45) is 1.55. The Morgan fingerprint density at radius 1 is 1.03 bits per heavy atom. The molecule has 38 heavy (non-hydrogen) atoms. The zero-order valence-corrected chi connectivity index (χ0v) is 22.5. The van der Waals surface area contributed by atoms with Gasteiger partial charge < -0.3 is 18.8 Å². The molecular formula is C28H27N3O6S. The van der Waals surface area contributed by atoms with Crippen molar-refractivity contribution in [2.75, 3.05) is 25.7 Å². The van der Waals surface area contributed by atoms with Gasteiger partial charge in [0, 0.05) is 23.1 Å². The molecule has 0 spiro atoms. The molecule has 0 radical (unpaired) electrons. The predicted octanol–water partition coefficient (Wildman–Crippen LogP) is 4.12. The first-order valence-electron chi connectivity index (χ1n) is 11.8. The van der Waals surface area contributed by atoms with Crippen LogP contribution < -0.4 is 19.7 Å². The molecule has 2 aromatic carbocycles. The minimum atomic E-state index is -0.590. The molecule has 4 rings (SSSR count). The van der Waals surface area contributed by atoms with Crippen LogP contribution in [-0.2, 0) is 14.3 Å². The topological polar surface area (TPSA) is 99.1 Å². The number of anilines is 1. The molecule has 9 nitrogen and oxygen atoms in total. The van der Waals surface area contributed by atoms with Crippen LogP contribution in [0.25, 0.3) is 11.8 Å². The zero-order chi connectivity index (χ0) is 27.6. The van der Waals surface area contributed by atoms with Crippen LogP contribution in [0.1, 0.15) is 34.2 Å². The molecule has 2 amide bonds. The molecule has 1 aromatic heterocycles. The molecule has 0 bridgehead atoms. The van der Waals surface area contributed by atoms with Gasteiger partial charge in [0.2, 0.25) is 0 Å². The fourth-order valence-electron chi connectivity index (χ4n) is 4.29. The maximum atomic E-state index is 13.6. The van der Waals surface area contributed by atoms with Crippen molar-refractivity contribution in [2.45, 2.75) is 20.8 Å². The van der Waals surface area contributed by atoms with Gasteiger partial charge in [0.15, 0.2) is 5.11 Å². The van der Waals surface area contributed by atoms with Gasteiger partial charge in [-0.05, 0) is 87.1 Å². The van der Waals surface area contributed by atoms with Crippen LogP contribution in [0.15, 0.2) is 54.1 Å². The van der Waals surface area contributed by atoms with E-state index in [-0.39, 0.29) is 16.7 Å². The first-order chi connectivity index (χ1) is 18.2. The summed E-state index contributed by atoms with van der Waals surface area (Å²) in [7, 11) is 3.00. The number of aromatic nitrogens is 1. The fourth-order valence-corrected chi connectivity index (χ4v) is 4.57. The number of thiocarbonyl (C=S) groups is 1. The molecule has 196 valence electrons. The van der Waals surface area contributed by atoms with Crippen molar-refractivity contribution < 1.29 is 28.6 Å². The van der Waals surface area contributed by atoms with Crippen LogP contribution >= 0.6 is 12.2 Å². The Kier molecular flexibility index (Phi) is 7.63. The molecule has 1 fully saturated rings. The summed E-state index contributed by atoms with van der Waals surface area (Å²) < 4.78 is 17.7. The number of carbonyl (C=O) groups is 3. The van der Waals surface area contributed by atoms with Crippen LogP contribution in [0.3, 0.4) is 0 Å². The van der Waals surface area contributed by atoms with E-state index >= 15 is 0 Å². The highest BCUT2D eigenvalue weighted by atomic mass is 32.1. The van der Waals surface area contributed by atoms with Crippen LogP contribution in [0, 0.1) is 13.8 Å². The molecule has 1 N–H and O–H groups in total. The second-order valence-corrected chi connectivity index (χ2v) is 8.81. The highest BCUT2D eigenvalue weighted by Crippen LogP contribution is 2.34. The highest BCUT2D eigenvalue weighted by Gasteiger charge is 2.36. The first kappa shape index (κ1) is 26.6. The van der Waals surface area contributed by atoms with Crippen LogP contribution in [0.2, 0.25) is 0 Å². The Labute approximate surface area is 225 Å². The summed E-state index contributed by atoms with van der Waals surface area (Å²) in [6.45, 7) is 5.86. The van der Waals surface area contributed by atoms with E-state index in [1.807, 2.05) is 36.6 Å². The standard InChI is InChI=1S/C28H27N3O6S/c1-6-37-27(34)18-7-9-20(10-8-18)30-16(2)13-19(17(30)3)14-22-25(32)29-28(38)31(26(22)33)23-12-11-21(35-4)15-24(23)36-5/h7-15H,6H2,1-5H3,(H,29,32,38)/b22-14+. The lowest BCUT2D eigenvalue weighted by Gasteiger charge is -2.30. The van der Waals surface area contributed by atoms with Gasteiger partial charge in [-0.25, -0.2) is 9.69 Å². The molecule has 0 aliphatic carbocycles. The van der Waals surface area contributed by atoms with Crippen molar-refractivity contribution in [2.24, 2.45) is 0 Å². The van der Waals surface area contributed by atoms with E-state index in [2.05, 4.69) is 5.32 Å². The number of hydrogen-bond acceptors (Lipinski definition) is 7. The number of hydrogen-bond donors (Lipinski definition) is 1. The average Bonchev–Trinajstić information content (AvgIpc) is 3.19. The Bertz CT molecular complexity index is 1470. The van der Waals surface area contributed by atoms with E-state index in [0.717, 1.165) is 17.1 Å². The Morgan fingerprint density at radius 2 is 1.74 bits per heavy atom. The van der Waals surface area contributed by atoms with Crippen LogP contribution in [0.4, 0.5) is 5.69 Å². The number of nitrogens with one attached hydrogen (secondary N) is 1. The van der Waals surface area contributed by atoms with Gasteiger partial charge in [-0.2, -0.15) is 0 Å². The van der Waals surface area contributed by atoms with Gasteiger partial charge in [-0.3, -0.25) is 14.9 Å². The van der Waals surface area contributed by atoms with E-state index < -0.39 is 11.8 Å². The quantitative estimate of drug-likeness (QED) is 0.211. The molecule has 0 saturated carbocycles. The number of esters is 1. The molecule has 1 aliphatic heterocycles. The zero-order valence-electron chi connectivity index (χ0n) is 21.7. The molecule has 3 aromatic rings. The lowest BCUT2D eigenvalue weighted by Crippen LogP contribution is -2.54. The predicted molar refractivity (Wildman–Crippen MR) is 147 cm³/mol. The summed E-state index contributed by atoms with van der Waals surface area (Å²) in [4.78, 5) is 39.7. The van der Waals surface area contributed by atoms with Gasteiger partial charge in [0.25, 0.3) is 11.8 Å². The van der Waals surface area contributed by atoms with Crippen molar-refractivity contribution in [3.05, 3.63) is 76.6 Å². The smallest absolute Gasteiger partial charge is 0.338 e. The second kappa shape index (κ2) is 10.9. The van der Waals surface area contributed by atoms with Gasteiger partial charge >= 0.3 is 5.97 Å².